The van der Waals surface area contributed by atoms with Gasteiger partial charge >= 0.3 is 0 Å². The number of anilines is 1. The number of hydrogen-bond donors (Lipinski definition) is 2. The van der Waals surface area contributed by atoms with E-state index in [0.717, 1.165) is 35.6 Å². The van der Waals surface area contributed by atoms with Gasteiger partial charge in [0.2, 0.25) is 0 Å². The average Bonchev–Trinajstić information content (AvgIpc) is 2.70. The van der Waals surface area contributed by atoms with Gasteiger partial charge in [-0.3, -0.25) is 9.78 Å². The lowest BCUT2D eigenvalue weighted by Gasteiger charge is -2.09. The lowest BCUT2D eigenvalue weighted by molar-refractivity contribution is -0.118. The first kappa shape index (κ1) is 18.6. The van der Waals surface area contributed by atoms with Gasteiger partial charge in [0, 0.05) is 25.0 Å². The van der Waals surface area contributed by atoms with Crippen molar-refractivity contribution in [2.24, 2.45) is 0 Å². The summed E-state index contributed by atoms with van der Waals surface area (Å²) in [4.78, 5) is 16.2. The van der Waals surface area contributed by atoms with Gasteiger partial charge in [-0.05, 0) is 48.9 Å². The van der Waals surface area contributed by atoms with Crippen molar-refractivity contribution in [1.82, 2.24) is 10.3 Å². The number of aromatic nitrogens is 1. The molecule has 2 aromatic carbocycles. The Morgan fingerprint density at radius 1 is 0.963 bits per heavy atom. The lowest BCUT2D eigenvalue weighted by Crippen LogP contribution is -2.20. The number of amides is 1. The van der Waals surface area contributed by atoms with Crippen LogP contribution < -0.4 is 15.4 Å². The molecule has 0 spiro atoms. The fourth-order valence-electron chi connectivity index (χ4n) is 2.52. The molecule has 0 unspecified atom stereocenters. The van der Waals surface area contributed by atoms with Crippen LogP contribution in [0.4, 0.5) is 5.69 Å². The molecule has 2 N–H and O–H groups in total. The molecule has 138 valence electrons. The first-order chi connectivity index (χ1) is 13.2. The molecule has 0 fully saturated rings. The van der Waals surface area contributed by atoms with E-state index in [1.54, 1.807) is 6.20 Å². The van der Waals surface area contributed by atoms with Gasteiger partial charge in [-0.25, -0.2) is 0 Å². The molecule has 27 heavy (non-hydrogen) atoms. The minimum absolute atomic E-state index is 0.0227. The van der Waals surface area contributed by atoms with Gasteiger partial charge < -0.3 is 15.4 Å². The third kappa shape index (κ3) is 6.24. The summed E-state index contributed by atoms with van der Waals surface area (Å²) < 4.78 is 5.55. The van der Waals surface area contributed by atoms with Crippen LogP contribution >= 0.6 is 0 Å². The van der Waals surface area contributed by atoms with E-state index in [-0.39, 0.29) is 12.5 Å². The van der Waals surface area contributed by atoms with Crippen molar-refractivity contribution in [2.75, 3.05) is 11.9 Å². The van der Waals surface area contributed by atoms with Crippen LogP contribution in [-0.4, -0.2) is 17.5 Å². The summed E-state index contributed by atoms with van der Waals surface area (Å²) in [7, 11) is 0. The summed E-state index contributed by atoms with van der Waals surface area (Å²) in [6, 6.07) is 21.2. The Labute approximate surface area is 159 Å². The fraction of sp³-hybridized carbons (Fsp3) is 0.182. The van der Waals surface area contributed by atoms with E-state index >= 15 is 0 Å². The van der Waals surface area contributed by atoms with Crippen LogP contribution in [0.2, 0.25) is 0 Å². The Morgan fingerprint density at radius 2 is 1.74 bits per heavy atom. The van der Waals surface area contributed by atoms with Crippen molar-refractivity contribution < 1.29 is 9.53 Å². The smallest absolute Gasteiger partial charge is 0.262 e. The maximum atomic E-state index is 12.0. The second kappa shape index (κ2) is 9.50. The molecule has 0 aliphatic heterocycles. The summed E-state index contributed by atoms with van der Waals surface area (Å²) in [5, 5.41) is 6.17. The van der Waals surface area contributed by atoms with Gasteiger partial charge in [0.05, 0.1) is 5.69 Å². The zero-order valence-corrected chi connectivity index (χ0v) is 15.3. The number of ether oxygens (including phenoxy) is 1. The van der Waals surface area contributed by atoms with Crippen LogP contribution in [0.15, 0.2) is 72.9 Å². The highest BCUT2D eigenvalue weighted by Gasteiger charge is 2.04. The van der Waals surface area contributed by atoms with Crippen molar-refractivity contribution in [2.45, 2.75) is 20.0 Å². The van der Waals surface area contributed by atoms with E-state index in [0.29, 0.717) is 5.75 Å². The number of carbonyl (C=O) groups excluding carboxylic acids is 1. The molecular formula is C22H23N3O2. The summed E-state index contributed by atoms with van der Waals surface area (Å²) in [6.45, 7) is 3.45. The third-order valence-electron chi connectivity index (χ3n) is 3.99. The largest absolute Gasteiger partial charge is 0.484 e. The molecule has 0 aliphatic carbocycles. The van der Waals surface area contributed by atoms with Crippen molar-refractivity contribution in [3.63, 3.8) is 0 Å². The number of hydrogen-bond acceptors (Lipinski definition) is 4. The Balaban J connectivity index is 1.40. The number of aryl methyl sites for hydroxylation is 1. The quantitative estimate of drug-likeness (QED) is 0.642. The summed E-state index contributed by atoms with van der Waals surface area (Å²) in [6.07, 6.45) is 1.79. The fourth-order valence-corrected chi connectivity index (χ4v) is 2.52. The Kier molecular flexibility index (Phi) is 6.55. The van der Waals surface area contributed by atoms with E-state index in [2.05, 4.69) is 15.6 Å². The molecule has 0 saturated heterocycles. The molecule has 0 aliphatic rings. The number of benzene rings is 2. The maximum Gasteiger partial charge on any atom is 0.262 e. The van der Waals surface area contributed by atoms with Gasteiger partial charge in [0.1, 0.15) is 5.75 Å². The maximum absolute atomic E-state index is 12.0. The Morgan fingerprint density at radius 3 is 2.44 bits per heavy atom. The first-order valence-corrected chi connectivity index (χ1v) is 8.88. The van der Waals surface area contributed by atoms with E-state index in [4.69, 9.17) is 4.74 Å². The van der Waals surface area contributed by atoms with Gasteiger partial charge in [-0.15, -0.1) is 0 Å². The molecule has 1 aromatic heterocycles. The summed E-state index contributed by atoms with van der Waals surface area (Å²) >= 11 is 0. The van der Waals surface area contributed by atoms with Crippen LogP contribution in [0, 0.1) is 6.92 Å². The zero-order valence-electron chi connectivity index (χ0n) is 15.3. The molecule has 3 aromatic rings. The molecule has 0 saturated carbocycles. The first-order valence-electron chi connectivity index (χ1n) is 8.88. The van der Waals surface area contributed by atoms with Crippen LogP contribution in [0.1, 0.15) is 16.8 Å². The van der Waals surface area contributed by atoms with Crippen molar-refractivity contribution in [3.8, 4) is 5.75 Å². The predicted molar refractivity (Wildman–Crippen MR) is 107 cm³/mol. The van der Waals surface area contributed by atoms with Crippen LogP contribution in [0.25, 0.3) is 0 Å². The van der Waals surface area contributed by atoms with E-state index in [9.17, 15) is 4.79 Å². The van der Waals surface area contributed by atoms with Crippen molar-refractivity contribution >= 4 is 11.6 Å². The zero-order chi connectivity index (χ0) is 18.9. The van der Waals surface area contributed by atoms with Crippen LogP contribution in [0.5, 0.6) is 5.75 Å². The molecule has 5 heteroatoms. The van der Waals surface area contributed by atoms with Crippen LogP contribution in [0.3, 0.4) is 0 Å². The SMILES string of the molecule is Cc1ccc(NC(=O)COc2ccc(CNCc3ccccn3)cc2)cc1. The standard InChI is InChI=1S/C22H23N3O2/c1-17-5-9-19(10-6-17)25-22(26)16-27-21-11-7-18(8-12-21)14-23-15-20-4-2-3-13-24-20/h2-13,23H,14-16H2,1H3,(H,25,26). The molecular weight excluding hydrogens is 338 g/mol. The number of nitrogens with zero attached hydrogens (tertiary/aromatic N) is 1. The van der Waals surface area contributed by atoms with E-state index in [1.165, 1.54) is 0 Å². The van der Waals surface area contributed by atoms with E-state index < -0.39 is 0 Å². The number of nitrogens with one attached hydrogen (secondary N) is 2. The number of pyridine rings is 1. The molecule has 0 radical (unpaired) electrons. The summed E-state index contributed by atoms with van der Waals surface area (Å²) in [5.74, 6) is 0.488. The molecule has 1 heterocycles. The molecule has 0 atom stereocenters. The summed E-state index contributed by atoms with van der Waals surface area (Å²) in [5.41, 5.74) is 4.07. The minimum atomic E-state index is -0.181. The van der Waals surface area contributed by atoms with Gasteiger partial charge in [0.15, 0.2) is 6.61 Å². The second-order valence-corrected chi connectivity index (χ2v) is 6.27. The predicted octanol–water partition coefficient (Wildman–Crippen LogP) is 3.70. The Bertz CT molecular complexity index is 847. The Hall–Kier alpha value is -3.18. The lowest BCUT2D eigenvalue weighted by atomic mass is 10.2. The molecule has 1 amide bonds. The highest BCUT2D eigenvalue weighted by atomic mass is 16.5. The second-order valence-electron chi connectivity index (χ2n) is 6.27. The molecule has 3 rings (SSSR count). The van der Waals surface area contributed by atoms with Gasteiger partial charge in [-0.2, -0.15) is 0 Å². The van der Waals surface area contributed by atoms with Crippen molar-refractivity contribution in [1.29, 1.82) is 0 Å². The third-order valence-corrected chi connectivity index (χ3v) is 3.99. The molecule has 5 nitrogen and oxygen atoms in total. The van der Waals surface area contributed by atoms with Crippen LogP contribution in [-0.2, 0) is 17.9 Å². The topological polar surface area (TPSA) is 63.2 Å². The number of carbonyl (C=O) groups is 1. The highest BCUT2D eigenvalue weighted by molar-refractivity contribution is 5.91. The normalized spacial score (nSPS) is 10.4. The number of rotatable bonds is 8. The molecule has 0 bridgehead atoms. The minimum Gasteiger partial charge on any atom is -0.484 e. The highest BCUT2D eigenvalue weighted by Crippen LogP contribution is 2.13. The average molecular weight is 361 g/mol. The van der Waals surface area contributed by atoms with Gasteiger partial charge in [-0.1, -0.05) is 35.9 Å². The van der Waals surface area contributed by atoms with Gasteiger partial charge in [0.25, 0.3) is 5.91 Å². The van der Waals surface area contributed by atoms with Crippen molar-refractivity contribution in [3.05, 3.63) is 89.7 Å². The monoisotopic (exact) mass is 361 g/mol. The van der Waals surface area contributed by atoms with E-state index in [1.807, 2.05) is 73.7 Å².